The third-order valence-electron chi connectivity index (χ3n) is 1.90. The number of thioether (sulfide) groups is 1. The summed E-state index contributed by atoms with van der Waals surface area (Å²) < 4.78 is 0. The Morgan fingerprint density at radius 2 is 2.25 bits per heavy atom. The molecule has 0 aliphatic carbocycles. The summed E-state index contributed by atoms with van der Waals surface area (Å²) in [5.41, 5.74) is 0.870. The molecule has 1 aromatic rings. The van der Waals surface area contributed by atoms with Crippen LogP contribution in [0.25, 0.3) is 0 Å². The zero-order valence-corrected chi connectivity index (χ0v) is 10.4. The minimum absolute atomic E-state index is 0.0343. The molecule has 0 fully saturated rings. The van der Waals surface area contributed by atoms with Gasteiger partial charge in [-0.05, 0) is 31.5 Å². The summed E-state index contributed by atoms with van der Waals surface area (Å²) >= 11 is 1.48. The van der Waals surface area contributed by atoms with E-state index in [-0.39, 0.29) is 18.6 Å². The summed E-state index contributed by atoms with van der Waals surface area (Å²) in [7, 11) is 0. The molecule has 0 aliphatic heterocycles. The highest BCUT2D eigenvalue weighted by molar-refractivity contribution is 8.00. The molecular formula is C12H17NO2S. The highest BCUT2D eigenvalue weighted by Gasteiger charge is 2.04. The van der Waals surface area contributed by atoms with Crippen molar-refractivity contribution in [3.05, 3.63) is 29.8 Å². The van der Waals surface area contributed by atoms with Gasteiger partial charge < -0.3 is 10.4 Å². The van der Waals surface area contributed by atoms with E-state index in [0.29, 0.717) is 5.75 Å². The third-order valence-corrected chi connectivity index (χ3v) is 2.89. The molecule has 1 amide bonds. The molecular weight excluding hydrogens is 222 g/mol. The van der Waals surface area contributed by atoms with Crippen molar-refractivity contribution in [1.82, 2.24) is 5.32 Å². The summed E-state index contributed by atoms with van der Waals surface area (Å²) in [6.07, 6.45) is 0. The molecule has 0 saturated heterocycles. The van der Waals surface area contributed by atoms with Crippen LogP contribution in [0.5, 0.6) is 0 Å². The molecule has 0 unspecified atom stereocenters. The van der Waals surface area contributed by atoms with Gasteiger partial charge in [-0.2, -0.15) is 0 Å². The highest BCUT2D eigenvalue weighted by atomic mass is 32.2. The Morgan fingerprint density at radius 3 is 2.88 bits per heavy atom. The lowest BCUT2D eigenvalue weighted by molar-refractivity contribution is -0.119. The van der Waals surface area contributed by atoms with Crippen LogP contribution in [0.3, 0.4) is 0 Å². The van der Waals surface area contributed by atoms with E-state index in [0.717, 1.165) is 10.5 Å². The predicted molar refractivity (Wildman–Crippen MR) is 66.4 cm³/mol. The highest BCUT2D eigenvalue weighted by Crippen LogP contribution is 2.18. The van der Waals surface area contributed by atoms with Crippen molar-refractivity contribution in [3.63, 3.8) is 0 Å². The van der Waals surface area contributed by atoms with Gasteiger partial charge in [0.1, 0.15) is 0 Å². The van der Waals surface area contributed by atoms with Crippen LogP contribution in [0.1, 0.15) is 19.4 Å². The second kappa shape index (κ2) is 6.55. The Kier molecular flexibility index (Phi) is 5.35. The Labute approximate surface area is 100 Å². The van der Waals surface area contributed by atoms with E-state index >= 15 is 0 Å². The third kappa shape index (κ3) is 4.68. The van der Waals surface area contributed by atoms with Gasteiger partial charge in [0.2, 0.25) is 5.91 Å². The van der Waals surface area contributed by atoms with Crippen molar-refractivity contribution in [2.24, 2.45) is 0 Å². The summed E-state index contributed by atoms with van der Waals surface area (Å²) in [5.74, 6) is 0.446. The van der Waals surface area contributed by atoms with Gasteiger partial charge in [0, 0.05) is 10.9 Å². The van der Waals surface area contributed by atoms with E-state index in [9.17, 15) is 4.79 Å². The van der Waals surface area contributed by atoms with Gasteiger partial charge in [0.25, 0.3) is 0 Å². The molecule has 0 aromatic heterocycles. The van der Waals surface area contributed by atoms with Crippen LogP contribution in [-0.4, -0.2) is 22.8 Å². The summed E-state index contributed by atoms with van der Waals surface area (Å²) in [4.78, 5) is 12.4. The summed E-state index contributed by atoms with van der Waals surface area (Å²) in [5, 5.41) is 11.8. The van der Waals surface area contributed by atoms with Crippen LogP contribution in [0, 0.1) is 0 Å². The van der Waals surface area contributed by atoms with E-state index in [1.807, 2.05) is 38.1 Å². The maximum absolute atomic E-state index is 11.4. The first-order valence-corrected chi connectivity index (χ1v) is 6.22. The molecule has 16 heavy (non-hydrogen) atoms. The maximum atomic E-state index is 11.4. The topological polar surface area (TPSA) is 49.3 Å². The molecule has 1 rings (SSSR count). The molecule has 1 aromatic carbocycles. The number of nitrogens with one attached hydrogen (secondary N) is 1. The standard InChI is InChI=1S/C12H17NO2S/c1-9(2)13-12(15)8-16-11-5-3-4-10(6-11)7-14/h3-6,9,14H,7-8H2,1-2H3,(H,13,15). The molecule has 0 saturated carbocycles. The first kappa shape index (κ1) is 13.1. The molecule has 0 bridgehead atoms. The number of carbonyl (C=O) groups is 1. The number of carbonyl (C=O) groups excluding carboxylic acids is 1. The fourth-order valence-electron chi connectivity index (χ4n) is 1.25. The number of aliphatic hydroxyl groups is 1. The molecule has 0 atom stereocenters. The number of hydrogen-bond acceptors (Lipinski definition) is 3. The largest absolute Gasteiger partial charge is 0.392 e. The smallest absolute Gasteiger partial charge is 0.230 e. The number of amides is 1. The van der Waals surface area contributed by atoms with E-state index in [2.05, 4.69) is 5.32 Å². The Morgan fingerprint density at radius 1 is 1.50 bits per heavy atom. The normalized spacial score (nSPS) is 10.5. The Hall–Kier alpha value is -1.00. The van der Waals surface area contributed by atoms with Gasteiger partial charge in [0.15, 0.2) is 0 Å². The first-order chi connectivity index (χ1) is 7.61. The molecule has 0 radical (unpaired) electrons. The lowest BCUT2D eigenvalue weighted by atomic mass is 10.2. The van der Waals surface area contributed by atoms with Crippen LogP contribution < -0.4 is 5.32 Å². The van der Waals surface area contributed by atoms with E-state index in [1.165, 1.54) is 11.8 Å². The van der Waals surface area contributed by atoms with Gasteiger partial charge in [-0.1, -0.05) is 12.1 Å². The van der Waals surface area contributed by atoms with Crippen molar-refractivity contribution in [2.75, 3.05) is 5.75 Å². The molecule has 4 heteroatoms. The lowest BCUT2D eigenvalue weighted by Gasteiger charge is -2.08. The summed E-state index contributed by atoms with van der Waals surface area (Å²) in [6, 6.07) is 7.75. The minimum atomic E-state index is 0.0343. The fourth-order valence-corrected chi connectivity index (χ4v) is 2.04. The number of hydrogen-bond donors (Lipinski definition) is 2. The molecule has 0 spiro atoms. The monoisotopic (exact) mass is 239 g/mol. The fraction of sp³-hybridized carbons (Fsp3) is 0.417. The van der Waals surface area contributed by atoms with Crippen molar-refractivity contribution in [3.8, 4) is 0 Å². The number of rotatable bonds is 5. The minimum Gasteiger partial charge on any atom is -0.392 e. The Balaban J connectivity index is 2.45. The van der Waals surface area contributed by atoms with Gasteiger partial charge in [0.05, 0.1) is 12.4 Å². The quantitative estimate of drug-likeness (QED) is 0.770. The van der Waals surface area contributed by atoms with Crippen molar-refractivity contribution < 1.29 is 9.90 Å². The van der Waals surface area contributed by atoms with Crippen LogP contribution in [-0.2, 0) is 11.4 Å². The lowest BCUT2D eigenvalue weighted by Crippen LogP contribution is -2.31. The van der Waals surface area contributed by atoms with Gasteiger partial charge >= 0.3 is 0 Å². The average molecular weight is 239 g/mol. The van der Waals surface area contributed by atoms with E-state index in [1.54, 1.807) is 0 Å². The predicted octanol–water partition coefficient (Wildman–Crippen LogP) is 1.80. The zero-order chi connectivity index (χ0) is 12.0. The van der Waals surface area contributed by atoms with Gasteiger partial charge in [-0.25, -0.2) is 0 Å². The summed E-state index contributed by atoms with van der Waals surface area (Å²) in [6.45, 7) is 3.91. The van der Waals surface area contributed by atoms with Crippen molar-refractivity contribution in [1.29, 1.82) is 0 Å². The first-order valence-electron chi connectivity index (χ1n) is 5.24. The second-order valence-corrected chi connectivity index (χ2v) is 4.87. The number of aliphatic hydroxyl groups excluding tert-OH is 1. The Bertz CT molecular complexity index is 353. The molecule has 88 valence electrons. The van der Waals surface area contributed by atoms with Crippen LogP contribution >= 0.6 is 11.8 Å². The second-order valence-electron chi connectivity index (χ2n) is 3.82. The average Bonchev–Trinajstić information content (AvgIpc) is 2.26. The SMILES string of the molecule is CC(C)NC(=O)CSc1cccc(CO)c1. The van der Waals surface area contributed by atoms with Crippen LogP contribution in [0.2, 0.25) is 0 Å². The number of benzene rings is 1. The maximum Gasteiger partial charge on any atom is 0.230 e. The van der Waals surface area contributed by atoms with Crippen LogP contribution in [0.4, 0.5) is 0 Å². The molecule has 2 N–H and O–H groups in total. The molecule has 0 heterocycles. The molecule has 3 nitrogen and oxygen atoms in total. The van der Waals surface area contributed by atoms with Crippen molar-refractivity contribution in [2.45, 2.75) is 31.4 Å². The molecule has 0 aliphatic rings. The van der Waals surface area contributed by atoms with E-state index < -0.39 is 0 Å². The van der Waals surface area contributed by atoms with Gasteiger partial charge in [-0.3, -0.25) is 4.79 Å². The van der Waals surface area contributed by atoms with Crippen LogP contribution in [0.15, 0.2) is 29.2 Å². The zero-order valence-electron chi connectivity index (χ0n) is 9.56. The van der Waals surface area contributed by atoms with E-state index in [4.69, 9.17) is 5.11 Å². The van der Waals surface area contributed by atoms with Gasteiger partial charge in [-0.15, -0.1) is 11.8 Å². The van der Waals surface area contributed by atoms with Crippen molar-refractivity contribution >= 4 is 17.7 Å².